The molecule has 0 bridgehead atoms. The first-order chi connectivity index (χ1) is 38.2. The number of nitrogens with zero attached hydrogens (tertiary/aromatic N) is 10. The summed E-state index contributed by atoms with van der Waals surface area (Å²) in [6.45, 7) is 1.60. The third-order valence-corrected chi connectivity index (χ3v) is 15.9. The number of hydrogen-bond donors (Lipinski definition) is 4. The summed E-state index contributed by atoms with van der Waals surface area (Å²) in [5.74, 6) is -0.356. The van der Waals surface area contributed by atoms with Crippen LogP contribution in [-0.4, -0.2) is 102 Å². The third kappa shape index (κ3) is 22.1. The van der Waals surface area contributed by atoms with Crippen LogP contribution in [0.5, 0.6) is 0 Å². The minimum atomic E-state index is -5.06. The van der Waals surface area contributed by atoms with Crippen LogP contribution in [0, 0.1) is 6.92 Å². The summed E-state index contributed by atoms with van der Waals surface area (Å²) in [5, 5.41) is 9.37. The third-order valence-electron chi connectivity index (χ3n) is 10.0. The minimum Gasteiger partial charge on any atom is -0.744 e. The van der Waals surface area contributed by atoms with Gasteiger partial charge in [0.1, 0.15) is 55.8 Å². The van der Waals surface area contributed by atoms with Crippen LogP contribution in [0.15, 0.2) is 92.4 Å². The van der Waals surface area contributed by atoms with Gasteiger partial charge in [0.15, 0.2) is 11.0 Å². The SMILES string of the molecule is Cc1c(Cl)nc(Nc2ccc(C=Cc3ccc(Nc4nc(Cl)nc(Cl)n4)cc3S(=O)(=O)[O-])c(S(=O)(=O)[O-])c2)nc1Cl.O=S(=O)([O-])c1cc(Nc2nc(Cl)nc(Cl)n2)ccc1C=Cc1ccc(Nc2nc(Cl)nc(Cl)c2Cl)cc1S(=O)(=O)[O-].[Na+].[Na+].[Na+].[Na+]. The fourth-order valence-corrected chi connectivity index (χ4v) is 10.9. The van der Waals surface area contributed by atoms with Crippen molar-refractivity contribution in [3.05, 3.63) is 148 Å². The van der Waals surface area contributed by atoms with Gasteiger partial charge in [-0.2, -0.15) is 34.9 Å². The molecule has 428 valence electrons. The number of rotatable bonds is 16. The van der Waals surface area contributed by atoms with Crippen molar-refractivity contribution >= 4 is 216 Å². The van der Waals surface area contributed by atoms with Gasteiger partial charge in [0.2, 0.25) is 44.3 Å². The first-order valence-electron chi connectivity index (χ1n) is 21.3. The molecule has 43 heteroatoms. The molecule has 4 aromatic carbocycles. The van der Waals surface area contributed by atoms with E-state index in [1.54, 1.807) is 6.92 Å². The van der Waals surface area contributed by atoms with Gasteiger partial charge in [-0.05, 0) is 136 Å². The van der Waals surface area contributed by atoms with Gasteiger partial charge in [-0.25, -0.2) is 48.6 Å². The summed E-state index contributed by atoms with van der Waals surface area (Å²) in [7, 11) is -20.2. The molecule has 0 amide bonds. The molecule has 0 atom stereocenters. The van der Waals surface area contributed by atoms with E-state index < -0.39 is 60.1 Å². The van der Waals surface area contributed by atoms with Crippen molar-refractivity contribution in [2.45, 2.75) is 26.5 Å². The Morgan fingerprint density at radius 2 is 0.605 bits per heavy atom. The van der Waals surface area contributed by atoms with E-state index in [1.807, 2.05) is 0 Å². The average Bonchev–Trinajstić information content (AvgIpc) is 1.45. The summed E-state index contributed by atoms with van der Waals surface area (Å²) >= 11 is 52.6. The molecule has 0 aliphatic rings. The Hall–Kier alpha value is -2.01. The quantitative estimate of drug-likeness (QED) is 0.0280. The second-order valence-corrected chi connectivity index (χ2v) is 24.1. The zero-order valence-electron chi connectivity index (χ0n) is 43.6. The van der Waals surface area contributed by atoms with Crippen molar-refractivity contribution in [2.75, 3.05) is 21.3 Å². The maximum absolute atomic E-state index is 12.0. The van der Waals surface area contributed by atoms with E-state index in [0.717, 1.165) is 48.6 Å². The molecule has 0 radical (unpaired) electrons. The predicted molar refractivity (Wildman–Crippen MR) is 302 cm³/mol. The smallest absolute Gasteiger partial charge is 0.744 e. The van der Waals surface area contributed by atoms with Crippen molar-refractivity contribution < 1.29 is 170 Å². The van der Waals surface area contributed by atoms with Crippen LogP contribution < -0.4 is 139 Å². The number of anilines is 8. The fraction of sp³-hybridized carbons (Fsp3) is 0.0233. The van der Waals surface area contributed by atoms with Crippen molar-refractivity contribution in [1.29, 1.82) is 0 Å². The van der Waals surface area contributed by atoms with Crippen molar-refractivity contribution in [2.24, 2.45) is 0 Å². The molecule has 4 aromatic heterocycles. The van der Waals surface area contributed by atoms with E-state index in [9.17, 15) is 51.9 Å². The average molecular weight is 1470 g/mol. The second-order valence-electron chi connectivity index (χ2n) is 15.6. The van der Waals surface area contributed by atoms with Gasteiger partial charge in [0.25, 0.3) is 0 Å². The molecule has 0 spiro atoms. The normalized spacial score (nSPS) is 11.5. The van der Waals surface area contributed by atoms with Crippen molar-refractivity contribution in [3.63, 3.8) is 0 Å². The van der Waals surface area contributed by atoms with E-state index in [0.29, 0.717) is 5.56 Å². The topological polar surface area (TPSA) is 406 Å². The first kappa shape index (κ1) is 78.2. The van der Waals surface area contributed by atoms with Gasteiger partial charge in [-0.15, -0.1) is 0 Å². The van der Waals surface area contributed by atoms with Gasteiger partial charge in [0, 0.05) is 28.3 Å². The number of nitrogens with one attached hydrogen (secondary N) is 4. The monoisotopic (exact) mass is 1460 g/mol. The largest absolute Gasteiger partial charge is 1.00 e. The van der Waals surface area contributed by atoms with E-state index >= 15 is 0 Å². The van der Waals surface area contributed by atoms with Gasteiger partial charge in [-0.3, -0.25) is 0 Å². The van der Waals surface area contributed by atoms with E-state index in [2.05, 4.69) is 71.1 Å². The minimum absolute atomic E-state index is 0. The Bertz CT molecular complexity index is 4370. The van der Waals surface area contributed by atoms with Crippen molar-refractivity contribution in [1.82, 2.24) is 49.8 Å². The number of benzene rings is 4. The summed E-state index contributed by atoms with van der Waals surface area (Å²) < 4.78 is 144. The van der Waals surface area contributed by atoms with Crippen LogP contribution >= 0.6 is 104 Å². The molecule has 4 heterocycles. The Kier molecular flexibility index (Phi) is 30.0. The molecular formula is C43H23Cl9N14Na4O12S4. The molecule has 0 fully saturated rings. The Balaban J connectivity index is 0.000000430. The van der Waals surface area contributed by atoms with E-state index in [4.69, 9.17) is 104 Å². The van der Waals surface area contributed by atoms with Crippen LogP contribution in [0.1, 0.15) is 27.8 Å². The van der Waals surface area contributed by atoms with Crippen LogP contribution in [0.2, 0.25) is 46.9 Å². The zero-order valence-corrected chi connectivity index (χ0v) is 61.7. The summed E-state index contributed by atoms with van der Waals surface area (Å²) in [6, 6.07) is 14.6. The van der Waals surface area contributed by atoms with Gasteiger partial charge < -0.3 is 39.5 Å². The number of aromatic nitrogens is 10. The molecule has 8 aromatic rings. The van der Waals surface area contributed by atoms with E-state index in [-0.39, 0.29) is 234 Å². The molecule has 8 rings (SSSR count). The molecule has 0 unspecified atom stereocenters. The fourth-order valence-electron chi connectivity index (χ4n) is 6.51. The van der Waals surface area contributed by atoms with E-state index in [1.165, 1.54) is 48.5 Å². The number of halogens is 9. The van der Waals surface area contributed by atoms with Crippen LogP contribution in [0.4, 0.5) is 46.4 Å². The Labute approximate surface area is 622 Å². The van der Waals surface area contributed by atoms with Crippen molar-refractivity contribution in [3.8, 4) is 0 Å². The molecule has 0 aliphatic heterocycles. The Morgan fingerprint density at radius 3 is 0.884 bits per heavy atom. The standard InChI is InChI=1S/C22H15Cl4N7O6S2.C21H12Cl5N7O6S2.4Na/c1-10-17(23)29-21(30-18(10)24)27-13-6-4-11(15(8-13)40(34,35)36)2-3-12-5-7-14(9-16(12)41(37,38)39)28-22-32-19(25)31-20(26)33-22;22-15-16(23)29-18(24)30-17(15)27-11-5-3-9(13(7-11)40(34,35)36)1-2-10-4-6-12(8-14(10)41(37,38)39)28-21-32-19(25)31-20(26)33-21;;;;/h2-9H,1H3,(H,27,29,30)(H,34,35,36)(H,37,38,39)(H,28,31,32,33);1-8H,(H,27,29,30)(H,34,35,36)(H,37,38,39)(H,28,31,32,33);;;;/q;;4*+1/p-4. The molecule has 86 heavy (non-hydrogen) atoms. The molecule has 26 nitrogen and oxygen atoms in total. The predicted octanol–water partition coefficient (Wildman–Crippen LogP) is -1.54. The summed E-state index contributed by atoms with van der Waals surface area (Å²) in [6.07, 6.45) is 4.60. The number of hydrogen-bond acceptors (Lipinski definition) is 26. The van der Waals surface area contributed by atoms with Crippen LogP contribution in [0.25, 0.3) is 24.3 Å². The zero-order chi connectivity index (χ0) is 60.2. The molecule has 4 N–H and O–H groups in total. The summed E-state index contributed by atoms with van der Waals surface area (Å²) in [4.78, 5) is 35.2. The molecule has 0 aliphatic carbocycles. The van der Waals surface area contributed by atoms with Gasteiger partial charge >= 0.3 is 118 Å². The maximum atomic E-state index is 12.0. The first-order valence-corrected chi connectivity index (χ1v) is 30.3. The van der Waals surface area contributed by atoms with Crippen LogP contribution in [0.3, 0.4) is 0 Å². The maximum Gasteiger partial charge on any atom is 1.00 e. The second kappa shape index (κ2) is 33.0. The molecular weight excluding hydrogens is 1440 g/mol. The van der Waals surface area contributed by atoms with Gasteiger partial charge in [-0.1, -0.05) is 95.0 Å². The Morgan fingerprint density at radius 1 is 0.349 bits per heavy atom. The van der Waals surface area contributed by atoms with Gasteiger partial charge in [0.05, 0.1) is 19.6 Å². The summed E-state index contributed by atoms with van der Waals surface area (Å²) in [5.41, 5.74) is 0.342. The molecule has 0 saturated heterocycles. The molecule has 0 saturated carbocycles. The van der Waals surface area contributed by atoms with Crippen LogP contribution in [-0.2, 0) is 40.5 Å².